The standard InChI is InChI=1S/C16H22O2/c1-16(17,10-12-6-7-12)11-15-14-5-3-2-4-13(14)8-9-18-15/h2-5,12,15,17H,6-11H2,1H3. The fourth-order valence-electron chi connectivity index (χ4n) is 3.07. The van der Waals surface area contributed by atoms with Gasteiger partial charge in [0.1, 0.15) is 0 Å². The smallest absolute Gasteiger partial charge is 0.0855 e. The maximum absolute atomic E-state index is 10.5. The van der Waals surface area contributed by atoms with Gasteiger partial charge in [0.2, 0.25) is 0 Å². The molecule has 98 valence electrons. The lowest BCUT2D eigenvalue weighted by Gasteiger charge is -2.32. The Bertz CT molecular complexity index is 421. The Hall–Kier alpha value is -0.860. The highest BCUT2D eigenvalue weighted by Gasteiger charge is 2.35. The van der Waals surface area contributed by atoms with Crippen LogP contribution in [0.5, 0.6) is 0 Å². The topological polar surface area (TPSA) is 29.5 Å². The fourth-order valence-corrected chi connectivity index (χ4v) is 3.07. The van der Waals surface area contributed by atoms with Gasteiger partial charge >= 0.3 is 0 Å². The van der Waals surface area contributed by atoms with E-state index in [1.165, 1.54) is 24.0 Å². The molecule has 2 unspecified atom stereocenters. The molecule has 2 aliphatic rings. The lowest BCUT2D eigenvalue weighted by Crippen LogP contribution is -2.30. The highest BCUT2D eigenvalue weighted by Crippen LogP contribution is 2.41. The lowest BCUT2D eigenvalue weighted by atomic mass is 9.86. The Balaban J connectivity index is 1.73. The molecule has 3 rings (SSSR count). The van der Waals surface area contributed by atoms with Crippen molar-refractivity contribution < 1.29 is 9.84 Å². The van der Waals surface area contributed by atoms with Crippen molar-refractivity contribution >= 4 is 0 Å². The summed E-state index contributed by atoms with van der Waals surface area (Å²) in [6, 6.07) is 8.48. The number of hydrogen-bond acceptors (Lipinski definition) is 2. The number of aliphatic hydroxyl groups is 1. The van der Waals surface area contributed by atoms with Gasteiger partial charge in [0.25, 0.3) is 0 Å². The number of rotatable bonds is 4. The molecule has 0 aromatic heterocycles. The van der Waals surface area contributed by atoms with E-state index in [4.69, 9.17) is 4.74 Å². The second-order valence-corrected chi connectivity index (χ2v) is 6.16. The zero-order chi connectivity index (χ0) is 12.6. The number of benzene rings is 1. The second-order valence-electron chi connectivity index (χ2n) is 6.16. The maximum atomic E-state index is 10.5. The van der Waals surface area contributed by atoms with Crippen LogP contribution < -0.4 is 0 Å². The van der Waals surface area contributed by atoms with Gasteiger partial charge in [0.05, 0.1) is 18.3 Å². The van der Waals surface area contributed by atoms with Gasteiger partial charge in [-0.3, -0.25) is 0 Å². The Morgan fingerprint density at radius 3 is 2.83 bits per heavy atom. The summed E-state index contributed by atoms with van der Waals surface area (Å²) in [5, 5.41) is 10.5. The van der Waals surface area contributed by atoms with Gasteiger partial charge in [-0.05, 0) is 36.8 Å². The predicted octanol–water partition coefficient (Wildman–Crippen LogP) is 3.24. The first-order chi connectivity index (χ1) is 8.64. The van der Waals surface area contributed by atoms with Gasteiger partial charge in [-0.1, -0.05) is 37.1 Å². The summed E-state index contributed by atoms with van der Waals surface area (Å²) in [6.07, 6.45) is 5.30. The second kappa shape index (κ2) is 4.67. The average Bonchev–Trinajstić information content (AvgIpc) is 3.12. The molecule has 0 spiro atoms. The molecule has 0 radical (unpaired) electrons. The first kappa shape index (κ1) is 12.2. The number of fused-ring (bicyclic) bond motifs is 1. The van der Waals surface area contributed by atoms with Crippen LogP contribution in [0.15, 0.2) is 24.3 Å². The first-order valence-corrected chi connectivity index (χ1v) is 7.06. The summed E-state index contributed by atoms with van der Waals surface area (Å²) in [5.41, 5.74) is 2.08. The zero-order valence-corrected chi connectivity index (χ0v) is 11.1. The van der Waals surface area contributed by atoms with Crippen LogP contribution >= 0.6 is 0 Å². The van der Waals surface area contributed by atoms with E-state index in [-0.39, 0.29) is 6.10 Å². The third-order valence-corrected chi connectivity index (χ3v) is 4.14. The van der Waals surface area contributed by atoms with E-state index in [0.717, 1.165) is 31.8 Å². The molecule has 1 aliphatic carbocycles. The van der Waals surface area contributed by atoms with Crippen LogP contribution in [0.25, 0.3) is 0 Å². The average molecular weight is 246 g/mol. The molecule has 1 fully saturated rings. The van der Waals surface area contributed by atoms with Gasteiger partial charge in [-0.2, -0.15) is 0 Å². The van der Waals surface area contributed by atoms with Crippen molar-refractivity contribution in [1.29, 1.82) is 0 Å². The van der Waals surface area contributed by atoms with Crippen molar-refractivity contribution in [3.8, 4) is 0 Å². The quantitative estimate of drug-likeness (QED) is 0.883. The van der Waals surface area contributed by atoms with E-state index in [0.29, 0.717) is 0 Å². The van der Waals surface area contributed by atoms with Crippen LogP contribution in [0.1, 0.15) is 49.8 Å². The molecule has 1 heterocycles. The minimum atomic E-state index is -0.587. The molecule has 18 heavy (non-hydrogen) atoms. The molecule has 1 aliphatic heterocycles. The third kappa shape index (κ3) is 2.76. The van der Waals surface area contributed by atoms with E-state index < -0.39 is 5.60 Å². The monoisotopic (exact) mass is 246 g/mol. The van der Waals surface area contributed by atoms with Crippen LogP contribution in [-0.4, -0.2) is 17.3 Å². The van der Waals surface area contributed by atoms with E-state index in [2.05, 4.69) is 24.3 Å². The van der Waals surface area contributed by atoms with Gasteiger partial charge in [0.15, 0.2) is 0 Å². The summed E-state index contributed by atoms with van der Waals surface area (Å²) in [5.74, 6) is 0.749. The summed E-state index contributed by atoms with van der Waals surface area (Å²) < 4.78 is 5.88. The summed E-state index contributed by atoms with van der Waals surface area (Å²) in [4.78, 5) is 0. The van der Waals surface area contributed by atoms with Gasteiger partial charge < -0.3 is 9.84 Å². The fraction of sp³-hybridized carbons (Fsp3) is 0.625. The maximum Gasteiger partial charge on any atom is 0.0855 e. The van der Waals surface area contributed by atoms with Crippen molar-refractivity contribution in [2.75, 3.05) is 6.61 Å². The molecule has 2 heteroatoms. The molecular formula is C16H22O2. The zero-order valence-electron chi connectivity index (χ0n) is 11.1. The van der Waals surface area contributed by atoms with E-state index in [1.54, 1.807) is 0 Å². The molecule has 0 bridgehead atoms. The molecule has 1 aromatic carbocycles. The summed E-state index contributed by atoms with van der Waals surface area (Å²) in [6.45, 7) is 2.74. The van der Waals surface area contributed by atoms with Crippen LogP contribution in [0.4, 0.5) is 0 Å². The highest BCUT2D eigenvalue weighted by molar-refractivity contribution is 5.31. The largest absolute Gasteiger partial charge is 0.390 e. The summed E-state index contributed by atoms with van der Waals surface area (Å²) in [7, 11) is 0. The molecular weight excluding hydrogens is 224 g/mol. The highest BCUT2D eigenvalue weighted by atomic mass is 16.5. The van der Waals surface area contributed by atoms with Crippen LogP contribution in [-0.2, 0) is 11.2 Å². The molecule has 2 atom stereocenters. The van der Waals surface area contributed by atoms with Crippen molar-refractivity contribution in [1.82, 2.24) is 0 Å². The number of ether oxygens (including phenoxy) is 1. The van der Waals surface area contributed by atoms with Gasteiger partial charge in [0, 0.05) is 6.42 Å². The van der Waals surface area contributed by atoms with Crippen LogP contribution in [0.2, 0.25) is 0 Å². The first-order valence-electron chi connectivity index (χ1n) is 7.06. The molecule has 1 aromatic rings. The van der Waals surface area contributed by atoms with E-state index in [1.807, 2.05) is 6.92 Å². The van der Waals surface area contributed by atoms with E-state index in [9.17, 15) is 5.11 Å². The molecule has 2 nitrogen and oxygen atoms in total. The van der Waals surface area contributed by atoms with Gasteiger partial charge in [-0.25, -0.2) is 0 Å². The van der Waals surface area contributed by atoms with Crippen molar-refractivity contribution in [2.24, 2.45) is 5.92 Å². The Kier molecular flexibility index (Phi) is 3.16. The van der Waals surface area contributed by atoms with Crippen molar-refractivity contribution in [2.45, 2.75) is 50.7 Å². The van der Waals surface area contributed by atoms with Gasteiger partial charge in [-0.15, -0.1) is 0 Å². The third-order valence-electron chi connectivity index (χ3n) is 4.14. The molecule has 0 saturated heterocycles. The van der Waals surface area contributed by atoms with Crippen molar-refractivity contribution in [3.63, 3.8) is 0 Å². The molecule has 1 saturated carbocycles. The molecule has 1 N–H and O–H groups in total. The van der Waals surface area contributed by atoms with Crippen LogP contribution in [0.3, 0.4) is 0 Å². The normalized spacial score (nSPS) is 26.4. The predicted molar refractivity (Wildman–Crippen MR) is 71.4 cm³/mol. The minimum absolute atomic E-state index is 0.0729. The molecule has 0 amide bonds. The minimum Gasteiger partial charge on any atom is -0.390 e. The SMILES string of the molecule is CC(O)(CC1CC1)CC1OCCc2ccccc21. The van der Waals surface area contributed by atoms with E-state index >= 15 is 0 Å². The Morgan fingerprint density at radius 1 is 1.28 bits per heavy atom. The lowest BCUT2D eigenvalue weighted by molar-refractivity contribution is -0.0429. The Labute approximate surface area is 109 Å². The summed E-state index contributed by atoms with van der Waals surface area (Å²) >= 11 is 0. The Morgan fingerprint density at radius 2 is 2.06 bits per heavy atom. The number of hydrogen-bond donors (Lipinski definition) is 1. The van der Waals surface area contributed by atoms with Crippen LogP contribution in [0, 0.1) is 5.92 Å². The van der Waals surface area contributed by atoms with Crippen molar-refractivity contribution in [3.05, 3.63) is 35.4 Å².